The lowest BCUT2D eigenvalue weighted by molar-refractivity contribution is 0.353. The molecule has 0 N–H and O–H groups in total. The Morgan fingerprint density at radius 1 is 0.479 bits per heavy atom. The topological polar surface area (TPSA) is 62.5 Å². The van der Waals surface area contributed by atoms with E-state index >= 15 is 0 Å². The van der Waals surface area contributed by atoms with Crippen molar-refractivity contribution in [2.24, 2.45) is 0 Å². The Morgan fingerprint density at radius 3 is 1.98 bits per heavy atom. The van der Waals surface area contributed by atoms with Crippen LogP contribution in [0.3, 0.4) is 0 Å². The van der Waals surface area contributed by atoms with Crippen molar-refractivity contribution in [3.63, 3.8) is 0 Å². The van der Waals surface area contributed by atoms with Crippen molar-refractivity contribution >= 4 is 10.8 Å². The third-order valence-corrected chi connectivity index (χ3v) is 10.4. The van der Waals surface area contributed by atoms with Gasteiger partial charge in [0.2, 0.25) is 0 Å². The summed E-state index contributed by atoms with van der Waals surface area (Å²) in [7, 11) is 0. The highest BCUT2D eigenvalue weighted by molar-refractivity contribution is 5.97. The van der Waals surface area contributed by atoms with E-state index in [1.807, 2.05) is 24.3 Å². The van der Waals surface area contributed by atoms with Crippen molar-refractivity contribution in [1.82, 2.24) is 15.0 Å². The van der Waals surface area contributed by atoms with Crippen LogP contribution in [0.1, 0.15) is 48.8 Å². The smallest absolute Gasteiger partial charge is 0.164 e. The molecule has 1 fully saturated rings. The summed E-state index contributed by atoms with van der Waals surface area (Å²) in [5.41, 5.74) is 11.0. The number of nitriles is 1. The molecule has 2 aliphatic carbocycles. The lowest BCUT2D eigenvalue weighted by atomic mass is 9.67. The largest absolute Gasteiger partial charge is 0.208 e. The molecule has 9 rings (SSSR count). The standard InChI is InChI=1S/C44H32N4/c45-28-29-20-23-37-39(26-29)44(24-9-2-10-25-44)38-19-11-18-35(40(37)38)34-16-7-8-17-36(34)43-47-41(31-13-3-1-4-14-31)46-42(48-43)33-22-21-30-12-5-6-15-32(30)27-33/h1,3-8,11-23,26-27H,2,9-10,24-25H2. The van der Waals surface area contributed by atoms with Gasteiger partial charge < -0.3 is 0 Å². The van der Waals surface area contributed by atoms with Crippen molar-refractivity contribution in [2.75, 3.05) is 0 Å². The second-order valence-electron chi connectivity index (χ2n) is 13.0. The number of fused-ring (bicyclic) bond motifs is 6. The van der Waals surface area contributed by atoms with E-state index in [0.717, 1.165) is 46.0 Å². The molecule has 0 amide bonds. The molecule has 2 aliphatic rings. The van der Waals surface area contributed by atoms with E-state index in [4.69, 9.17) is 15.0 Å². The van der Waals surface area contributed by atoms with Gasteiger partial charge in [0.05, 0.1) is 11.6 Å². The van der Waals surface area contributed by atoms with E-state index in [1.54, 1.807) is 0 Å². The third-order valence-electron chi connectivity index (χ3n) is 10.4. The Morgan fingerprint density at radius 2 is 1.17 bits per heavy atom. The first-order valence-corrected chi connectivity index (χ1v) is 16.8. The highest BCUT2D eigenvalue weighted by Crippen LogP contribution is 2.58. The summed E-state index contributed by atoms with van der Waals surface area (Å²) in [4.78, 5) is 15.3. The van der Waals surface area contributed by atoms with Crippen LogP contribution in [0.15, 0.2) is 133 Å². The van der Waals surface area contributed by atoms with E-state index in [1.165, 1.54) is 52.5 Å². The average Bonchev–Trinajstić information content (AvgIpc) is 3.43. The van der Waals surface area contributed by atoms with Crippen molar-refractivity contribution in [1.29, 1.82) is 5.26 Å². The third kappa shape index (κ3) is 4.54. The summed E-state index contributed by atoms with van der Waals surface area (Å²) in [5.74, 6) is 1.94. The molecular weight excluding hydrogens is 585 g/mol. The van der Waals surface area contributed by atoms with Crippen LogP contribution in [0.2, 0.25) is 0 Å². The quantitative estimate of drug-likeness (QED) is 0.197. The number of nitrogens with zero attached hydrogens (tertiary/aromatic N) is 4. The SMILES string of the molecule is N#Cc1ccc2c(c1)C1(CCCCC1)c1cccc(-c3ccccc3-c3nc(-c4ccccc4)nc(-c4ccc5ccccc5c4)n3)c1-2. The molecule has 0 saturated heterocycles. The summed E-state index contributed by atoms with van der Waals surface area (Å²) in [6.45, 7) is 0. The first-order valence-electron chi connectivity index (χ1n) is 16.8. The first kappa shape index (κ1) is 28.3. The summed E-state index contributed by atoms with van der Waals surface area (Å²) in [6, 6.07) is 48.9. The van der Waals surface area contributed by atoms with Crippen molar-refractivity contribution in [3.8, 4) is 62.5 Å². The fourth-order valence-electron chi connectivity index (χ4n) is 8.12. The molecule has 1 heterocycles. The molecule has 1 aromatic heterocycles. The highest BCUT2D eigenvalue weighted by Gasteiger charge is 2.44. The zero-order valence-corrected chi connectivity index (χ0v) is 26.5. The second kappa shape index (κ2) is 11.4. The normalized spacial score (nSPS) is 14.4. The molecule has 0 bridgehead atoms. The van der Waals surface area contributed by atoms with Gasteiger partial charge in [0.25, 0.3) is 0 Å². The van der Waals surface area contributed by atoms with Crippen LogP contribution >= 0.6 is 0 Å². The molecule has 228 valence electrons. The number of hydrogen-bond acceptors (Lipinski definition) is 4. The maximum Gasteiger partial charge on any atom is 0.164 e. The van der Waals surface area contributed by atoms with Gasteiger partial charge in [-0.3, -0.25) is 0 Å². The monoisotopic (exact) mass is 616 g/mol. The maximum atomic E-state index is 9.86. The van der Waals surface area contributed by atoms with Crippen LogP contribution in [0.25, 0.3) is 67.2 Å². The van der Waals surface area contributed by atoms with Crippen molar-refractivity contribution in [2.45, 2.75) is 37.5 Å². The molecule has 48 heavy (non-hydrogen) atoms. The zero-order chi connectivity index (χ0) is 32.1. The predicted molar refractivity (Wildman–Crippen MR) is 193 cm³/mol. The molecule has 0 unspecified atom stereocenters. The Kier molecular flexibility index (Phi) is 6.73. The van der Waals surface area contributed by atoms with Gasteiger partial charge in [-0.05, 0) is 75.2 Å². The zero-order valence-electron chi connectivity index (χ0n) is 26.5. The maximum absolute atomic E-state index is 9.86. The molecule has 0 aliphatic heterocycles. The Bertz CT molecular complexity index is 2400. The van der Waals surface area contributed by atoms with Crippen molar-refractivity contribution in [3.05, 3.63) is 150 Å². The van der Waals surface area contributed by atoms with Gasteiger partial charge in [-0.2, -0.15) is 5.26 Å². The van der Waals surface area contributed by atoms with Gasteiger partial charge in [-0.25, -0.2) is 15.0 Å². The lowest BCUT2D eigenvalue weighted by Crippen LogP contribution is -2.28. The molecule has 1 spiro atoms. The molecule has 0 atom stereocenters. The minimum atomic E-state index is -0.0579. The molecular formula is C44H32N4. The van der Waals surface area contributed by atoms with Gasteiger partial charge in [-0.1, -0.05) is 135 Å². The number of aromatic nitrogens is 3. The molecule has 0 radical (unpaired) electrons. The van der Waals surface area contributed by atoms with Gasteiger partial charge >= 0.3 is 0 Å². The van der Waals surface area contributed by atoms with Crippen LogP contribution in [-0.2, 0) is 5.41 Å². The summed E-state index contributed by atoms with van der Waals surface area (Å²) < 4.78 is 0. The van der Waals surface area contributed by atoms with Crippen LogP contribution < -0.4 is 0 Å². The summed E-state index contributed by atoms with van der Waals surface area (Å²) in [5, 5.41) is 12.2. The van der Waals surface area contributed by atoms with Gasteiger partial charge in [-0.15, -0.1) is 0 Å². The van der Waals surface area contributed by atoms with Crippen LogP contribution in [-0.4, -0.2) is 15.0 Å². The van der Waals surface area contributed by atoms with E-state index in [-0.39, 0.29) is 5.41 Å². The molecule has 1 saturated carbocycles. The Balaban J connectivity index is 1.27. The number of hydrogen-bond donors (Lipinski definition) is 0. The van der Waals surface area contributed by atoms with Crippen LogP contribution in [0, 0.1) is 11.3 Å². The highest BCUT2D eigenvalue weighted by atomic mass is 15.0. The Hall–Kier alpha value is -5.92. The van der Waals surface area contributed by atoms with Gasteiger partial charge in [0, 0.05) is 22.1 Å². The van der Waals surface area contributed by atoms with Crippen LogP contribution in [0.4, 0.5) is 0 Å². The predicted octanol–water partition coefficient (Wildman–Crippen LogP) is 10.8. The number of benzene rings is 6. The second-order valence-corrected chi connectivity index (χ2v) is 13.0. The minimum absolute atomic E-state index is 0.0579. The minimum Gasteiger partial charge on any atom is -0.208 e. The fraction of sp³-hybridized carbons (Fsp3) is 0.136. The Labute approximate surface area is 280 Å². The van der Waals surface area contributed by atoms with E-state index in [2.05, 4.69) is 115 Å². The lowest BCUT2D eigenvalue weighted by Gasteiger charge is -2.36. The van der Waals surface area contributed by atoms with Gasteiger partial charge in [0.1, 0.15) is 0 Å². The van der Waals surface area contributed by atoms with E-state index in [9.17, 15) is 5.26 Å². The molecule has 6 aromatic carbocycles. The molecule has 7 aromatic rings. The van der Waals surface area contributed by atoms with Crippen molar-refractivity contribution < 1.29 is 0 Å². The van der Waals surface area contributed by atoms with E-state index in [0.29, 0.717) is 17.5 Å². The molecule has 4 nitrogen and oxygen atoms in total. The van der Waals surface area contributed by atoms with Crippen LogP contribution in [0.5, 0.6) is 0 Å². The number of rotatable bonds is 4. The molecule has 4 heteroatoms. The fourth-order valence-corrected chi connectivity index (χ4v) is 8.12. The first-order chi connectivity index (χ1) is 23.7. The average molecular weight is 617 g/mol. The summed E-state index contributed by atoms with van der Waals surface area (Å²) in [6.07, 6.45) is 5.86. The summed E-state index contributed by atoms with van der Waals surface area (Å²) >= 11 is 0. The van der Waals surface area contributed by atoms with Gasteiger partial charge in [0.15, 0.2) is 17.5 Å². The van der Waals surface area contributed by atoms with E-state index < -0.39 is 0 Å².